The fraction of sp³-hybridized carbons (Fsp3) is 0.143. The number of nitrogens with zero attached hydrogens (tertiary/aromatic N) is 2. The minimum Gasteiger partial charge on any atom is -0.234 e. The third-order valence-corrected chi connectivity index (χ3v) is 5.43. The van der Waals surface area contributed by atoms with Gasteiger partial charge in [-0.25, -0.2) is 22.8 Å². The maximum atomic E-state index is 13.3. The summed E-state index contributed by atoms with van der Waals surface area (Å²) in [7, 11) is -4.52. The van der Waals surface area contributed by atoms with Crippen LogP contribution in [0.1, 0.15) is 11.6 Å². The summed E-state index contributed by atoms with van der Waals surface area (Å²) in [6, 6.07) is 2.08. The van der Waals surface area contributed by atoms with Gasteiger partial charge in [-0.05, 0) is 23.8 Å². The first kappa shape index (κ1) is 17.7. The monoisotopic (exact) mass is 391 g/mol. The van der Waals surface area contributed by atoms with Crippen LogP contribution in [-0.4, -0.2) is 24.6 Å². The molecule has 25 heavy (non-hydrogen) atoms. The van der Waals surface area contributed by atoms with Gasteiger partial charge in [0.1, 0.15) is 16.8 Å². The molecular formula is C14H9F4N3O2S2. The Kier molecular flexibility index (Phi) is 4.47. The summed E-state index contributed by atoms with van der Waals surface area (Å²) in [5.41, 5.74) is 1.32. The van der Waals surface area contributed by atoms with Crippen LogP contribution in [0.25, 0.3) is 10.3 Å². The Morgan fingerprint density at radius 3 is 2.44 bits per heavy atom. The molecule has 1 N–H and O–H groups in total. The highest BCUT2D eigenvalue weighted by Crippen LogP contribution is 2.34. The Morgan fingerprint density at radius 1 is 1.12 bits per heavy atom. The lowest BCUT2D eigenvalue weighted by atomic mass is 10.1. The van der Waals surface area contributed by atoms with Crippen LogP contribution in [0, 0.1) is 5.82 Å². The molecular weight excluding hydrogens is 382 g/mol. The number of aromatic nitrogens is 2. The molecule has 0 bridgehead atoms. The van der Waals surface area contributed by atoms with E-state index >= 15 is 0 Å². The Labute approximate surface area is 143 Å². The SMILES string of the molecule is O=S(=O)(N[C@H](c1ccc(F)cc1)C(F)(F)F)c1cnc2ncsc2c1. The molecule has 132 valence electrons. The van der Waals surface area contributed by atoms with Crippen LogP contribution < -0.4 is 4.72 Å². The number of nitrogens with one attached hydrogen (secondary N) is 1. The summed E-state index contributed by atoms with van der Waals surface area (Å²) >= 11 is 1.11. The van der Waals surface area contributed by atoms with Crippen LogP contribution in [-0.2, 0) is 10.0 Å². The number of pyridine rings is 1. The summed E-state index contributed by atoms with van der Waals surface area (Å²) in [5.74, 6) is -0.729. The van der Waals surface area contributed by atoms with Crippen LogP contribution in [0.15, 0.2) is 46.9 Å². The summed E-state index contributed by atoms with van der Waals surface area (Å²) in [4.78, 5) is 7.27. The number of alkyl halides is 3. The van der Waals surface area contributed by atoms with Crippen molar-refractivity contribution in [2.24, 2.45) is 0 Å². The average molecular weight is 391 g/mol. The minimum absolute atomic E-state index is 0.301. The van der Waals surface area contributed by atoms with E-state index in [9.17, 15) is 26.0 Å². The Bertz CT molecular complexity index is 1000. The second-order valence-electron chi connectivity index (χ2n) is 4.99. The molecule has 0 radical (unpaired) electrons. The molecule has 1 atom stereocenters. The van der Waals surface area contributed by atoms with E-state index in [4.69, 9.17) is 0 Å². The van der Waals surface area contributed by atoms with Crippen molar-refractivity contribution in [1.29, 1.82) is 0 Å². The van der Waals surface area contributed by atoms with Gasteiger partial charge in [0.25, 0.3) is 0 Å². The van der Waals surface area contributed by atoms with Gasteiger partial charge < -0.3 is 0 Å². The molecule has 2 aromatic heterocycles. The lowest BCUT2D eigenvalue weighted by molar-refractivity contribution is -0.153. The zero-order valence-electron chi connectivity index (χ0n) is 12.2. The van der Waals surface area contributed by atoms with Gasteiger partial charge >= 0.3 is 6.18 Å². The molecule has 0 saturated heterocycles. The van der Waals surface area contributed by atoms with Crippen LogP contribution in [0.2, 0.25) is 0 Å². The molecule has 5 nitrogen and oxygen atoms in total. The van der Waals surface area contributed by atoms with Crippen LogP contribution in [0.5, 0.6) is 0 Å². The molecule has 1 aromatic carbocycles. The minimum atomic E-state index is -4.91. The molecule has 0 saturated carbocycles. The fourth-order valence-corrected chi connectivity index (χ4v) is 4.01. The lowest BCUT2D eigenvalue weighted by Gasteiger charge is -2.22. The smallest absolute Gasteiger partial charge is 0.234 e. The molecule has 0 aliphatic rings. The standard InChI is InChI=1S/C14H9F4N3O2S2/c15-9-3-1-8(2-4-9)12(14(16,17)18)21-25(22,23)10-5-11-13(19-6-10)20-7-24-11/h1-7,12,21H/t12-/m1/s1. The zero-order valence-corrected chi connectivity index (χ0v) is 13.8. The second-order valence-corrected chi connectivity index (χ2v) is 7.59. The van der Waals surface area contributed by atoms with Gasteiger partial charge in [-0.1, -0.05) is 12.1 Å². The normalized spacial score (nSPS) is 13.9. The van der Waals surface area contributed by atoms with Crippen molar-refractivity contribution in [3.05, 3.63) is 53.4 Å². The summed E-state index contributed by atoms with van der Waals surface area (Å²) < 4.78 is 79.6. The molecule has 0 unspecified atom stereocenters. The second kappa shape index (κ2) is 6.32. The van der Waals surface area contributed by atoms with E-state index in [1.807, 2.05) is 0 Å². The number of halogens is 4. The molecule has 0 amide bonds. The largest absolute Gasteiger partial charge is 0.408 e. The number of fused-ring (bicyclic) bond motifs is 1. The quantitative estimate of drug-likeness (QED) is 0.692. The van der Waals surface area contributed by atoms with E-state index in [1.165, 1.54) is 11.6 Å². The molecule has 3 aromatic rings. The topological polar surface area (TPSA) is 72.0 Å². The maximum Gasteiger partial charge on any atom is 0.408 e. The Hall–Kier alpha value is -2.11. The molecule has 11 heteroatoms. The van der Waals surface area contributed by atoms with E-state index in [0.717, 1.165) is 41.8 Å². The first-order valence-electron chi connectivity index (χ1n) is 6.70. The van der Waals surface area contributed by atoms with Gasteiger partial charge in [0, 0.05) is 6.20 Å². The third-order valence-electron chi connectivity index (χ3n) is 3.28. The van der Waals surface area contributed by atoms with E-state index in [-0.39, 0.29) is 0 Å². The van der Waals surface area contributed by atoms with E-state index in [0.29, 0.717) is 10.3 Å². The first-order chi connectivity index (χ1) is 11.7. The van der Waals surface area contributed by atoms with Crippen LogP contribution >= 0.6 is 11.3 Å². The molecule has 0 aliphatic carbocycles. The van der Waals surface area contributed by atoms with Crippen molar-refractivity contribution < 1.29 is 26.0 Å². The van der Waals surface area contributed by atoms with Gasteiger partial charge in [0.05, 0.1) is 10.2 Å². The number of benzene rings is 1. The predicted molar refractivity (Wildman–Crippen MR) is 82.9 cm³/mol. The van der Waals surface area contributed by atoms with Gasteiger partial charge in [-0.2, -0.15) is 17.9 Å². The molecule has 0 aliphatic heterocycles. The van der Waals surface area contributed by atoms with Crippen molar-refractivity contribution in [2.45, 2.75) is 17.1 Å². The molecule has 2 heterocycles. The maximum absolute atomic E-state index is 13.3. The predicted octanol–water partition coefficient (Wildman–Crippen LogP) is 3.41. The number of thiazole rings is 1. The van der Waals surface area contributed by atoms with E-state index in [1.54, 1.807) is 4.72 Å². The number of sulfonamides is 1. The Balaban J connectivity index is 1.98. The van der Waals surface area contributed by atoms with Crippen molar-refractivity contribution in [1.82, 2.24) is 14.7 Å². The highest BCUT2D eigenvalue weighted by Gasteiger charge is 2.43. The highest BCUT2D eigenvalue weighted by molar-refractivity contribution is 7.89. The molecule has 3 rings (SSSR count). The first-order valence-corrected chi connectivity index (χ1v) is 9.07. The van der Waals surface area contributed by atoms with Crippen molar-refractivity contribution in [3.63, 3.8) is 0 Å². The van der Waals surface area contributed by atoms with Gasteiger partial charge in [-0.15, -0.1) is 11.3 Å². The van der Waals surface area contributed by atoms with Crippen molar-refractivity contribution in [3.8, 4) is 0 Å². The van der Waals surface area contributed by atoms with Crippen LogP contribution in [0.4, 0.5) is 17.6 Å². The van der Waals surface area contributed by atoms with Crippen LogP contribution in [0.3, 0.4) is 0 Å². The highest BCUT2D eigenvalue weighted by atomic mass is 32.2. The number of hydrogen-bond donors (Lipinski definition) is 1. The summed E-state index contributed by atoms with van der Waals surface area (Å²) in [6.07, 6.45) is -3.98. The van der Waals surface area contributed by atoms with E-state index < -0.39 is 38.5 Å². The Morgan fingerprint density at radius 2 is 1.80 bits per heavy atom. The van der Waals surface area contributed by atoms with Gasteiger partial charge in [0.15, 0.2) is 5.65 Å². The number of hydrogen-bond acceptors (Lipinski definition) is 5. The van der Waals surface area contributed by atoms with E-state index in [2.05, 4.69) is 9.97 Å². The van der Waals surface area contributed by atoms with Crippen molar-refractivity contribution >= 4 is 31.7 Å². The zero-order chi connectivity index (χ0) is 18.2. The third kappa shape index (κ3) is 3.78. The molecule has 0 fully saturated rings. The summed E-state index contributed by atoms with van der Waals surface area (Å²) in [6.45, 7) is 0. The average Bonchev–Trinajstić information content (AvgIpc) is 3.00. The molecule has 0 spiro atoms. The summed E-state index contributed by atoms with van der Waals surface area (Å²) in [5, 5.41) is 0. The van der Waals surface area contributed by atoms with Crippen molar-refractivity contribution in [2.75, 3.05) is 0 Å². The van der Waals surface area contributed by atoms with Gasteiger partial charge in [-0.3, -0.25) is 0 Å². The number of rotatable bonds is 4. The van der Waals surface area contributed by atoms with Gasteiger partial charge in [0.2, 0.25) is 10.0 Å². The lowest BCUT2D eigenvalue weighted by Crippen LogP contribution is -2.38. The fourth-order valence-electron chi connectivity index (χ4n) is 2.09.